The molecule has 1 heterocycles. The fourth-order valence-corrected chi connectivity index (χ4v) is 5.14. The number of thiazole rings is 1. The third kappa shape index (κ3) is 6.12. The van der Waals surface area contributed by atoms with Gasteiger partial charge in [-0.2, -0.15) is 0 Å². The zero-order chi connectivity index (χ0) is 23.8. The summed E-state index contributed by atoms with van der Waals surface area (Å²) in [5, 5.41) is 3.32. The van der Waals surface area contributed by atoms with Crippen LogP contribution in [0.2, 0.25) is 0 Å². The Morgan fingerprint density at radius 2 is 1.62 bits per heavy atom. The highest BCUT2D eigenvalue weighted by Gasteiger charge is 2.21. The predicted molar refractivity (Wildman–Crippen MR) is 139 cm³/mol. The van der Waals surface area contributed by atoms with Crippen molar-refractivity contribution in [3.05, 3.63) is 95.4 Å². The van der Waals surface area contributed by atoms with Gasteiger partial charge in [0.05, 0.1) is 12.8 Å². The van der Waals surface area contributed by atoms with Crippen LogP contribution in [0.25, 0.3) is 11.3 Å². The average molecular weight is 489 g/mol. The molecule has 5 nitrogen and oxygen atoms in total. The van der Waals surface area contributed by atoms with Gasteiger partial charge in [0, 0.05) is 22.4 Å². The normalized spacial score (nSPS) is 10.6. The number of nitrogens with one attached hydrogen (secondary N) is 1. The van der Waals surface area contributed by atoms with Crippen LogP contribution in [0.5, 0.6) is 5.75 Å². The van der Waals surface area contributed by atoms with E-state index in [9.17, 15) is 9.59 Å². The molecule has 7 heteroatoms. The van der Waals surface area contributed by atoms with Crippen LogP contribution >= 0.6 is 23.1 Å². The molecule has 1 amide bonds. The summed E-state index contributed by atoms with van der Waals surface area (Å²) < 4.78 is 5.17. The van der Waals surface area contributed by atoms with Gasteiger partial charge in [-0.3, -0.25) is 9.59 Å². The molecule has 34 heavy (non-hydrogen) atoms. The largest absolute Gasteiger partial charge is 0.497 e. The van der Waals surface area contributed by atoms with Crippen molar-refractivity contribution >= 4 is 39.9 Å². The Bertz CT molecular complexity index is 1240. The number of hydrogen-bond donors (Lipinski definition) is 1. The summed E-state index contributed by atoms with van der Waals surface area (Å²) in [7, 11) is 1.65. The number of nitrogens with zero attached hydrogens (tertiary/aromatic N) is 1. The number of methoxy groups -OCH3 is 1. The Kier molecular flexibility index (Phi) is 8.12. The molecule has 0 saturated heterocycles. The average Bonchev–Trinajstić information content (AvgIpc) is 3.31. The summed E-state index contributed by atoms with van der Waals surface area (Å²) in [6.07, 6.45) is 1.11. The lowest BCUT2D eigenvalue weighted by Gasteiger charge is -2.04. The number of anilines is 1. The topological polar surface area (TPSA) is 68.3 Å². The van der Waals surface area contributed by atoms with Crippen molar-refractivity contribution in [1.82, 2.24) is 4.98 Å². The molecule has 4 rings (SSSR count). The zero-order valence-corrected chi connectivity index (χ0v) is 20.3. The molecule has 3 aromatic carbocycles. The number of carbonyl (C=O) groups excluding carboxylic acids is 2. The third-order valence-electron chi connectivity index (χ3n) is 5.04. The number of rotatable bonds is 10. The van der Waals surface area contributed by atoms with Crippen LogP contribution in [0.4, 0.5) is 5.13 Å². The van der Waals surface area contributed by atoms with Crippen molar-refractivity contribution in [3.8, 4) is 17.0 Å². The van der Waals surface area contributed by atoms with Gasteiger partial charge < -0.3 is 10.1 Å². The standard InChI is InChI=1S/C27H24N2O3S2/c1-32-21-14-16-22(17-15-21)33-18-8-13-23(30)28-27-29-24(19-9-4-2-5-10-19)26(34-27)25(31)20-11-6-3-7-12-20/h2-7,9-12,14-17H,8,13,18H2,1H3,(H,28,29,30). The predicted octanol–water partition coefficient (Wildman–Crippen LogP) is 6.56. The van der Waals surface area contributed by atoms with Gasteiger partial charge in [-0.05, 0) is 36.4 Å². The molecule has 0 spiro atoms. The molecule has 0 atom stereocenters. The molecule has 4 aromatic rings. The van der Waals surface area contributed by atoms with Crippen LogP contribution in [0, 0.1) is 0 Å². The maximum absolute atomic E-state index is 13.2. The Labute approximate surface area is 207 Å². The van der Waals surface area contributed by atoms with Crippen LogP contribution in [-0.2, 0) is 4.79 Å². The Hall–Kier alpha value is -3.42. The SMILES string of the molecule is COc1ccc(SCCCC(=O)Nc2nc(-c3ccccc3)c(C(=O)c3ccccc3)s2)cc1. The highest BCUT2D eigenvalue weighted by Crippen LogP contribution is 2.33. The maximum Gasteiger partial charge on any atom is 0.226 e. The molecular formula is C27H24N2O3S2. The fourth-order valence-electron chi connectivity index (χ4n) is 3.32. The first-order chi connectivity index (χ1) is 16.6. The van der Waals surface area contributed by atoms with Crippen molar-refractivity contribution in [3.63, 3.8) is 0 Å². The van der Waals surface area contributed by atoms with E-state index in [2.05, 4.69) is 10.3 Å². The van der Waals surface area contributed by atoms with Crippen LogP contribution in [-0.4, -0.2) is 29.5 Å². The van der Waals surface area contributed by atoms with Gasteiger partial charge >= 0.3 is 0 Å². The van der Waals surface area contributed by atoms with E-state index in [0.29, 0.717) is 27.7 Å². The first-order valence-electron chi connectivity index (χ1n) is 10.9. The molecule has 0 aliphatic carbocycles. The van der Waals surface area contributed by atoms with Gasteiger partial charge in [0.15, 0.2) is 5.13 Å². The Morgan fingerprint density at radius 3 is 2.29 bits per heavy atom. The molecule has 0 aliphatic heterocycles. The van der Waals surface area contributed by atoms with Crippen molar-refractivity contribution in [2.45, 2.75) is 17.7 Å². The zero-order valence-electron chi connectivity index (χ0n) is 18.7. The second kappa shape index (κ2) is 11.6. The molecule has 0 unspecified atom stereocenters. The van der Waals surface area contributed by atoms with E-state index >= 15 is 0 Å². The van der Waals surface area contributed by atoms with E-state index in [4.69, 9.17) is 4.74 Å². The Morgan fingerprint density at radius 1 is 0.941 bits per heavy atom. The molecule has 172 valence electrons. The number of aromatic nitrogens is 1. The monoisotopic (exact) mass is 488 g/mol. The highest BCUT2D eigenvalue weighted by atomic mass is 32.2. The summed E-state index contributed by atoms with van der Waals surface area (Å²) in [5.41, 5.74) is 2.02. The van der Waals surface area contributed by atoms with Crippen molar-refractivity contribution in [1.29, 1.82) is 0 Å². The molecule has 0 radical (unpaired) electrons. The Balaban J connectivity index is 1.40. The third-order valence-corrected chi connectivity index (χ3v) is 7.11. The van der Waals surface area contributed by atoms with Crippen molar-refractivity contribution in [2.24, 2.45) is 0 Å². The molecule has 0 fully saturated rings. The fraction of sp³-hybridized carbons (Fsp3) is 0.148. The van der Waals surface area contributed by atoms with E-state index in [1.807, 2.05) is 72.8 Å². The number of benzene rings is 3. The lowest BCUT2D eigenvalue weighted by atomic mass is 10.1. The molecule has 0 aliphatic rings. The van der Waals surface area contributed by atoms with Crippen LogP contribution in [0.15, 0.2) is 89.8 Å². The number of thioether (sulfide) groups is 1. The molecular weight excluding hydrogens is 464 g/mol. The lowest BCUT2D eigenvalue weighted by molar-refractivity contribution is -0.116. The summed E-state index contributed by atoms with van der Waals surface area (Å²) in [6.45, 7) is 0. The van der Waals surface area contributed by atoms with Crippen molar-refractivity contribution < 1.29 is 14.3 Å². The number of carbonyl (C=O) groups is 2. The second-order valence-corrected chi connectivity index (χ2v) is 9.60. The lowest BCUT2D eigenvalue weighted by Crippen LogP contribution is -2.11. The minimum absolute atomic E-state index is 0.103. The van der Waals surface area contributed by atoms with Crippen molar-refractivity contribution in [2.75, 3.05) is 18.2 Å². The van der Waals surface area contributed by atoms with Gasteiger partial charge in [0.2, 0.25) is 11.7 Å². The van der Waals surface area contributed by atoms with Gasteiger partial charge in [0.1, 0.15) is 10.6 Å². The van der Waals surface area contributed by atoms with Crippen LogP contribution in [0.3, 0.4) is 0 Å². The van der Waals surface area contributed by atoms with Crippen LogP contribution in [0.1, 0.15) is 28.1 Å². The smallest absolute Gasteiger partial charge is 0.226 e. The molecule has 0 bridgehead atoms. The highest BCUT2D eigenvalue weighted by molar-refractivity contribution is 7.99. The quantitative estimate of drug-likeness (QED) is 0.156. The summed E-state index contributed by atoms with van der Waals surface area (Å²) >= 11 is 2.92. The van der Waals surface area contributed by atoms with Gasteiger partial charge in [-0.1, -0.05) is 72.0 Å². The van der Waals surface area contributed by atoms with E-state index in [1.54, 1.807) is 31.0 Å². The first-order valence-corrected chi connectivity index (χ1v) is 12.7. The summed E-state index contributed by atoms with van der Waals surface area (Å²) in [4.78, 5) is 32.0. The number of ketones is 1. The number of ether oxygens (including phenoxy) is 1. The van der Waals surface area contributed by atoms with E-state index in [-0.39, 0.29) is 11.7 Å². The van der Waals surface area contributed by atoms with Gasteiger partial charge in [-0.25, -0.2) is 4.98 Å². The van der Waals surface area contributed by atoms with Gasteiger partial charge in [-0.15, -0.1) is 11.8 Å². The van der Waals surface area contributed by atoms with E-state index < -0.39 is 0 Å². The second-order valence-electron chi connectivity index (χ2n) is 7.43. The van der Waals surface area contributed by atoms with Crippen LogP contribution < -0.4 is 10.1 Å². The van der Waals surface area contributed by atoms with E-state index in [0.717, 1.165) is 28.4 Å². The maximum atomic E-state index is 13.2. The minimum atomic E-state index is -0.109. The molecule has 1 aromatic heterocycles. The summed E-state index contributed by atoms with van der Waals surface area (Å²) in [6, 6.07) is 26.6. The van der Waals surface area contributed by atoms with E-state index in [1.165, 1.54) is 11.3 Å². The van der Waals surface area contributed by atoms with Gasteiger partial charge in [0.25, 0.3) is 0 Å². The number of hydrogen-bond acceptors (Lipinski definition) is 6. The minimum Gasteiger partial charge on any atom is -0.497 e. The molecule has 0 saturated carbocycles. The molecule has 1 N–H and O–H groups in total. The number of amides is 1. The first kappa shape index (κ1) is 23.7. The summed E-state index contributed by atoms with van der Waals surface area (Å²) in [5.74, 6) is 1.44.